The second-order valence-corrected chi connectivity index (χ2v) is 1.59. The summed E-state index contributed by atoms with van der Waals surface area (Å²) in [5.74, 6) is -6.15. The van der Waals surface area contributed by atoms with Crippen molar-refractivity contribution in [3.05, 3.63) is 35.4 Å². The molecule has 0 heterocycles. The van der Waals surface area contributed by atoms with Gasteiger partial charge in [0.05, 0.1) is 6.07 Å². The van der Waals surface area contributed by atoms with Crippen LogP contribution in [0.2, 0.25) is 0 Å². The molecule has 0 nitrogen and oxygen atoms in total. The largest absolute Gasteiger partial charge is 0.206 e. The molecule has 0 aliphatic rings. The van der Waals surface area contributed by atoms with Crippen molar-refractivity contribution in [1.29, 1.82) is 0 Å². The number of hydrogen-bond acceptors (Lipinski definition) is 0. The van der Waals surface area contributed by atoms with Crippen molar-refractivity contribution in [3.8, 4) is 0 Å². The minimum Gasteiger partial charge on any atom is -0.206 e. The van der Waals surface area contributed by atoms with Crippen LogP contribution >= 0.6 is 0 Å². The van der Waals surface area contributed by atoms with E-state index in [2.05, 4.69) is 0 Å². The molecule has 1 rings (SSSR count). The number of halogens is 4. The highest BCUT2D eigenvalue weighted by atomic mass is 19.2. The molecule has 0 atom stereocenters. The molecule has 0 unspecified atom stereocenters. The first-order chi connectivity index (χ1) is 4.61. The third kappa shape index (κ3) is 1.10. The van der Waals surface area contributed by atoms with E-state index in [1.165, 1.54) is 6.07 Å². The highest BCUT2D eigenvalue weighted by Gasteiger charge is 2.09. The molecule has 0 saturated heterocycles. The Kier molecular flexibility index (Phi) is 1.61. The zero-order valence-corrected chi connectivity index (χ0v) is 4.59. The molecule has 4 heteroatoms. The summed E-state index contributed by atoms with van der Waals surface area (Å²) in [6.07, 6.45) is 0. The molecule has 10 heavy (non-hydrogen) atoms. The zero-order chi connectivity index (χ0) is 7.72. The Balaban J connectivity index is 3.31. The average Bonchev–Trinajstić information content (AvgIpc) is 1.82. The van der Waals surface area contributed by atoms with Crippen LogP contribution in [0, 0.1) is 29.3 Å². The first-order valence-electron chi connectivity index (χ1n) is 2.33. The van der Waals surface area contributed by atoms with Gasteiger partial charge >= 0.3 is 0 Å². The molecule has 0 amide bonds. The maximum absolute atomic E-state index is 12.0. The van der Waals surface area contributed by atoms with Gasteiger partial charge in [-0.2, -0.15) is 0 Å². The summed E-state index contributed by atoms with van der Waals surface area (Å²) in [6, 6.07) is 1.55. The molecule has 1 aromatic carbocycles. The molecule has 0 spiro atoms. The summed E-state index contributed by atoms with van der Waals surface area (Å²) in [5.41, 5.74) is 0. The molecule has 0 saturated carbocycles. The Morgan fingerprint density at radius 3 is 2.20 bits per heavy atom. The molecule has 1 aromatic rings. The summed E-state index contributed by atoms with van der Waals surface area (Å²) in [5, 5.41) is 0. The highest BCUT2D eigenvalue weighted by molar-refractivity contribution is 5.08. The van der Waals surface area contributed by atoms with E-state index in [1.807, 2.05) is 0 Å². The minimum atomic E-state index is -1.71. The molecular weight excluding hydrogens is 148 g/mol. The van der Waals surface area contributed by atoms with Crippen LogP contribution in [0.1, 0.15) is 0 Å². The van der Waals surface area contributed by atoms with Crippen LogP contribution in [-0.2, 0) is 0 Å². The van der Waals surface area contributed by atoms with Gasteiger partial charge in [0.15, 0.2) is 17.5 Å². The molecule has 1 radical (unpaired) electrons. The van der Waals surface area contributed by atoms with Gasteiger partial charge in [0, 0.05) is 6.07 Å². The maximum Gasteiger partial charge on any atom is 0.195 e. The van der Waals surface area contributed by atoms with Crippen LogP contribution in [-0.4, -0.2) is 0 Å². The monoisotopic (exact) mass is 149 g/mol. The van der Waals surface area contributed by atoms with Crippen molar-refractivity contribution < 1.29 is 17.6 Å². The molecule has 0 aliphatic heterocycles. The Hall–Kier alpha value is -1.06. The second kappa shape index (κ2) is 2.28. The lowest BCUT2D eigenvalue weighted by Crippen LogP contribution is -1.91. The topological polar surface area (TPSA) is 0 Å². The fourth-order valence-electron chi connectivity index (χ4n) is 0.475. The molecular formula is C6HF4. The first-order valence-corrected chi connectivity index (χ1v) is 2.33. The normalized spacial score (nSPS) is 10.0. The fourth-order valence-corrected chi connectivity index (χ4v) is 0.475. The van der Waals surface area contributed by atoms with Gasteiger partial charge in [-0.15, -0.1) is 0 Å². The van der Waals surface area contributed by atoms with Crippen molar-refractivity contribution in [2.24, 2.45) is 0 Å². The third-order valence-corrected chi connectivity index (χ3v) is 0.885. The smallest absolute Gasteiger partial charge is 0.195 e. The van der Waals surface area contributed by atoms with E-state index < -0.39 is 23.3 Å². The van der Waals surface area contributed by atoms with Gasteiger partial charge in [-0.05, 0) is 0 Å². The van der Waals surface area contributed by atoms with E-state index in [1.54, 1.807) is 0 Å². The fraction of sp³-hybridized carbons (Fsp3) is 0. The summed E-state index contributed by atoms with van der Waals surface area (Å²) in [4.78, 5) is 0. The molecule has 0 fully saturated rings. The summed E-state index contributed by atoms with van der Waals surface area (Å²) in [7, 11) is 0. The van der Waals surface area contributed by atoms with E-state index in [0.717, 1.165) is 0 Å². The lowest BCUT2D eigenvalue weighted by atomic mass is 10.3. The first kappa shape index (κ1) is 7.05. The van der Waals surface area contributed by atoms with Crippen LogP contribution in [0.4, 0.5) is 17.6 Å². The number of rotatable bonds is 0. The average molecular weight is 149 g/mol. The third-order valence-electron chi connectivity index (χ3n) is 0.885. The predicted octanol–water partition coefficient (Wildman–Crippen LogP) is 2.04. The Labute approximate surface area is 54.1 Å². The van der Waals surface area contributed by atoms with Crippen molar-refractivity contribution in [2.45, 2.75) is 0 Å². The van der Waals surface area contributed by atoms with Gasteiger partial charge in [-0.1, -0.05) is 0 Å². The van der Waals surface area contributed by atoms with Crippen LogP contribution in [0.15, 0.2) is 6.07 Å². The van der Waals surface area contributed by atoms with Crippen molar-refractivity contribution in [2.75, 3.05) is 0 Å². The maximum atomic E-state index is 12.0. The standard InChI is InChI=1S/C6HF4/c7-3-1-4(8)6(10)5(9)2-3/h1H. The molecule has 0 N–H and O–H groups in total. The van der Waals surface area contributed by atoms with Crippen LogP contribution < -0.4 is 0 Å². The van der Waals surface area contributed by atoms with Gasteiger partial charge in [0.25, 0.3) is 0 Å². The van der Waals surface area contributed by atoms with Crippen LogP contribution in [0.25, 0.3) is 0 Å². The van der Waals surface area contributed by atoms with Gasteiger partial charge in [0.2, 0.25) is 0 Å². The van der Waals surface area contributed by atoms with E-state index in [4.69, 9.17) is 0 Å². The van der Waals surface area contributed by atoms with Gasteiger partial charge in [0.1, 0.15) is 5.82 Å². The lowest BCUT2D eigenvalue weighted by Gasteiger charge is -1.92. The van der Waals surface area contributed by atoms with Crippen molar-refractivity contribution in [1.82, 2.24) is 0 Å². The number of benzene rings is 1. The van der Waals surface area contributed by atoms with Gasteiger partial charge in [-0.25, -0.2) is 17.6 Å². The van der Waals surface area contributed by atoms with Crippen LogP contribution in [0.5, 0.6) is 0 Å². The molecule has 53 valence electrons. The van der Waals surface area contributed by atoms with E-state index in [-0.39, 0.29) is 6.07 Å². The minimum absolute atomic E-state index is 0.221. The molecule has 0 aromatic heterocycles. The van der Waals surface area contributed by atoms with Crippen molar-refractivity contribution in [3.63, 3.8) is 0 Å². The van der Waals surface area contributed by atoms with E-state index >= 15 is 0 Å². The summed E-state index contributed by atoms with van der Waals surface area (Å²) in [6.45, 7) is 0. The number of hydrogen-bond donors (Lipinski definition) is 0. The summed E-state index contributed by atoms with van der Waals surface area (Å²) >= 11 is 0. The van der Waals surface area contributed by atoms with Crippen LogP contribution in [0.3, 0.4) is 0 Å². The SMILES string of the molecule is Fc1[c]c(F)c(F)c(F)c1. The second-order valence-electron chi connectivity index (χ2n) is 1.59. The van der Waals surface area contributed by atoms with Gasteiger partial charge in [-0.3, -0.25) is 0 Å². The summed E-state index contributed by atoms with van der Waals surface area (Å²) < 4.78 is 47.8. The Morgan fingerprint density at radius 2 is 1.70 bits per heavy atom. The lowest BCUT2D eigenvalue weighted by molar-refractivity contribution is 0.433. The Morgan fingerprint density at radius 1 is 1.10 bits per heavy atom. The van der Waals surface area contributed by atoms with E-state index in [0.29, 0.717) is 0 Å². The quantitative estimate of drug-likeness (QED) is 0.301. The molecule has 0 bridgehead atoms. The zero-order valence-electron chi connectivity index (χ0n) is 4.59. The van der Waals surface area contributed by atoms with Crippen molar-refractivity contribution >= 4 is 0 Å². The predicted molar refractivity (Wildman–Crippen MR) is 25.1 cm³/mol. The van der Waals surface area contributed by atoms with E-state index in [9.17, 15) is 17.6 Å². The Bertz CT molecular complexity index is 233. The highest BCUT2D eigenvalue weighted by Crippen LogP contribution is 2.10. The molecule has 0 aliphatic carbocycles. The van der Waals surface area contributed by atoms with Gasteiger partial charge < -0.3 is 0 Å².